The number of anilines is 2. The van der Waals surface area contributed by atoms with Gasteiger partial charge in [-0.2, -0.15) is 0 Å². The fourth-order valence-electron chi connectivity index (χ4n) is 3.90. The van der Waals surface area contributed by atoms with E-state index < -0.39 is 0 Å². The van der Waals surface area contributed by atoms with Crippen LogP contribution in [0.5, 0.6) is 0 Å². The van der Waals surface area contributed by atoms with E-state index >= 15 is 0 Å². The summed E-state index contributed by atoms with van der Waals surface area (Å²) in [4.78, 5) is 11.2. The summed E-state index contributed by atoms with van der Waals surface area (Å²) < 4.78 is 0. The number of hydrogen-bond acceptors (Lipinski definition) is 4. The summed E-state index contributed by atoms with van der Waals surface area (Å²) in [5.74, 6) is 0.534. The van der Waals surface area contributed by atoms with E-state index in [1.165, 1.54) is 40.4 Å². The Labute approximate surface area is 154 Å². The second-order valence-corrected chi connectivity index (χ2v) is 7.89. The third kappa shape index (κ3) is 3.09. The van der Waals surface area contributed by atoms with E-state index in [1.54, 1.807) is 11.8 Å². The zero-order valence-corrected chi connectivity index (χ0v) is 16.0. The van der Waals surface area contributed by atoms with E-state index in [1.807, 2.05) is 0 Å². The Balaban J connectivity index is 1.88. The number of benzene rings is 2. The van der Waals surface area contributed by atoms with Gasteiger partial charge in [-0.1, -0.05) is 12.1 Å². The van der Waals surface area contributed by atoms with Gasteiger partial charge in [0.15, 0.2) is 0 Å². The van der Waals surface area contributed by atoms with Gasteiger partial charge in [0.1, 0.15) is 0 Å². The van der Waals surface area contributed by atoms with E-state index in [4.69, 9.17) is 4.99 Å². The molecule has 0 saturated carbocycles. The van der Waals surface area contributed by atoms with E-state index in [9.17, 15) is 0 Å². The first-order valence-electron chi connectivity index (χ1n) is 8.95. The lowest BCUT2D eigenvalue weighted by atomic mass is 9.87. The van der Waals surface area contributed by atoms with Crippen LogP contribution in [0.1, 0.15) is 18.4 Å². The highest BCUT2D eigenvalue weighted by atomic mass is 32.2. The van der Waals surface area contributed by atoms with Crippen molar-refractivity contribution in [3.05, 3.63) is 48.0 Å². The Morgan fingerprint density at radius 2 is 1.76 bits per heavy atom. The van der Waals surface area contributed by atoms with Crippen molar-refractivity contribution in [3.8, 4) is 0 Å². The average molecular weight is 352 g/mol. The number of piperidine rings is 1. The normalized spacial score (nSPS) is 18.4. The minimum absolute atomic E-state index is 0.534. The number of fused-ring (bicyclic) bond motifs is 2. The molecule has 0 bridgehead atoms. The van der Waals surface area contributed by atoms with E-state index in [0.29, 0.717) is 5.92 Å². The molecule has 1 saturated heterocycles. The molecule has 2 aliphatic rings. The van der Waals surface area contributed by atoms with E-state index in [2.05, 4.69) is 72.6 Å². The van der Waals surface area contributed by atoms with Crippen LogP contribution in [-0.4, -0.2) is 44.1 Å². The lowest BCUT2D eigenvalue weighted by Gasteiger charge is -2.30. The lowest BCUT2D eigenvalue weighted by molar-refractivity contribution is 0.252. The minimum Gasteiger partial charge on any atom is -0.342 e. The summed E-state index contributed by atoms with van der Waals surface area (Å²) in [6, 6.07) is 15.3. The second kappa shape index (κ2) is 6.85. The Hall–Kier alpha value is -1.78. The molecule has 0 aromatic heterocycles. The summed E-state index contributed by atoms with van der Waals surface area (Å²) >= 11 is 1.80. The zero-order valence-electron chi connectivity index (χ0n) is 15.2. The molecule has 2 aromatic rings. The largest absolute Gasteiger partial charge is 0.342 e. The van der Waals surface area contributed by atoms with Crippen LogP contribution in [0.3, 0.4) is 0 Å². The van der Waals surface area contributed by atoms with Gasteiger partial charge in [-0.25, -0.2) is 0 Å². The maximum atomic E-state index is 5.20. The van der Waals surface area contributed by atoms with Gasteiger partial charge < -0.3 is 9.80 Å². The minimum atomic E-state index is 0.534. The molecule has 25 heavy (non-hydrogen) atoms. The van der Waals surface area contributed by atoms with Gasteiger partial charge >= 0.3 is 0 Å². The predicted molar refractivity (Wildman–Crippen MR) is 109 cm³/mol. The van der Waals surface area contributed by atoms with Gasteiger partial charge in [-0.15, -0.1) is 11.8 Å². The molecule has 0 atom stereocenters. The average Bonchev–Trinajstić information content (AvgIpc) is 2.77. The summed E-state index contributed by atoms with van der Waals surface area (Å²) in [6.45, 7) is 2.30. The molecule has 0 aliphatic carbocycles. The summed E-state index contributed by atoms with van der Waals surface area (Å²) in [5.41, 5.74) is 6.11. The van der Waals surface area contributed by atoms with E-state index in [0.717, 1.165) is 18.8 Å². The van der Waals surface area contributed by atoms with Crippen LogP contribution in [0, 0.1) is 5.92 Å². The van der Waals surface area contributed by atoms with Crippen LogP contribution in [0.4, 0.5) is 17.1 Å². The maximum Gasteiger partial charge on any atom is 0.0870 e. The molecule has 130 valence electrons. The Morgan fingerprint density at radius 3 is 2.52 bits per heavy atom. The fraction of sp³-hybridized carbons (Fsp3) is 0.381. The lowest BCUT2D eigenvalue weighted by Crippen LogP contribution is -2.34. The first kappa shape index (κ1) is 16.7. The van der Waals surface area contributed by atoms with Gasteiger partial charge in [0.25, 0.3) is 0 Å². The molecule has 2 aromatic carbocycles. The van der Waals surface area contributed by atoms with Crippen molar-refractivity contribution in [1.29, 1.82) is 0 Å². The number of para-hydroxylation sites is 2. The number of rotatable bonds is 2. The highest BCUT2D eigenvalue weighted by Crippen LogP contribution is 2.41. The van der Waals surface area contributed by atoms with Crippen LogP contribution in [0.25, 0.3) is 0 Å². The molecule has 4 rings (SSSR count). The molecule has 3 nitrogen and oxygen atoms in total. The second-order valence-electron chi connectivity index (χ2n) is 7.01. The van der Waals surface area contributed by atoms with Crippen LogP contribution in [-0.2, 0) is 0 Å². The number of nitrogens with zero attached hydrogens (tertiary/aromatic N) is 3. The summed E-state index contributed by atoms with van der Waals surface area (Å²) in [7, 11) is 4.37. The molecule has 0 N–H and O–H groups in total. The standard InChI is InChI=1S/C21H25N3S/c1-23-12-10-15(11-13-23)21-17-14-16(25-3)8-9-19(17)24(2)20-7-5-4-6-18(20)22-21/h4-9,14-15H,10-13H2,1-3H3. The van der Waals surface area contributed by atoms with Crippen molar-refractivity contribution in [2.24, 2.45) is 10.9 Å². The van der Waals surface area contributed by atoms with Crippen molar-refractivity contribution >= 4 is 34.5 Å². The quantitative estimate of drug-likeness (QED) is 0.713. The van der Waals surface area contributed by atoms with Crippen LogP contribution in [0.15, 0.2) is 52.4 Å². The Morgan fingerprint density at radius 1 is 1.00 bits per heavy atom. The van der Waals surface area contributed by atoms with Crippen LogP contribution >= 0.6 is 11.8 Å². The molecule has 2 heterocycles. The molecular weight excluding hydrogens is 326 g/mol. The predicted octanol–water partition coefficient (Wildman–Crippen LogP) is 4.95. The molecular formula is C21H25N3S. The molecule has 0 amide bonds. The molecule has 1 fully saturated rings. The number of hydrogen-bond donors (Lipinski definition) is 0. The SMILES string of the molecule is CSc1ccc2c(c1)C(C1CCN(C)CC1)=Nc1ccccc1N2C. The van der Waals surface area contributed by atoms with Crippen molar-refractivity contribution in [3.63, 3.8) is 0 Å². The third-order valence-corrected chi connectivity index (χ3v) is 6.16. The van der Waals surface area contributed by atoms with Crippen molar-refractivity contribution < 1.29 is 0 Å². The number of likely N-dealkylation sites (tertiary alicyclic amines) is 1. The summed E-state index contributed by atoms with van der Waals surface area (Å²) in [6.07, 6.45) is 4.51. The number of thioether (sulfide) groups is 1. The zero-order chi connectivity index (χ0) is 17.4. The molecule has 0 unspecified atom stereocenters. The highest BCUT2D eigenvalue weighted by molar-refractivity contribution is 7.98. The third-order valence-electron chi connectivity index (χ3n) is 5.43. The molecule has 0 radical (unpaired) electrons. The maximum absolute atomic E-state index is 5.20. The monoisotopic (exact) mass is 351 g/mol. The fourth-order valence-corrected chi connectivity index (χ4v) is 4.33. The first-order chi connectivity index (χ1) is 12.2. The highest BCUT2D eigenvalue weighted by Gasteiger charge is 2.28. The van der Waals surface area contributed by atoms with Gasteiger partial charge in [0, 0.05) is 23.4 Å². The van der Waals surface area contributed by atoms with E-state index in [-0.39, 0.29) is 0 Å². The topological polar surface area (TPSA) is 18.8 Å². The smallest absolute Gasteiger partial charge is 0.0870 e. The van der Waals surface area contributed by atoms with Crippen molar-refractivity contribution in [1.82, 2.24) is 4.90 Å². The van der Waals surface area contributed by atoms with Crippen molar-refractivity contribution in [2.75, 3.05) is 38.3 Å². The van der Waals surface area contributed by atoms with Gasteiger partial charge in [-0.3, -0.25) is 4.99 Å². The number of aliphatic imine (C=N–C) groups is 1. The van der Waals surface area contributed by atoms with Gasteiger partial charge in [-0.05, 0) is 69.6 Å². The van der Waals surface area contributed by atoms with Gasteiger partial charge in [0.2, 0.25) is 0 Å². The van der Waals surface area contributed by atoms with Crippen LogP contribution in [0.2, 0.25) is 0 Å². The molecule has 4 heteroatoms. The Kier molecular flexibility index (Phi) is 4.57. The van der Waals surface area contributed by atoms with Crippen molar-refractivity contribution in [2.45, 2.75) is 17.7 Å². The summed E-state index contributed by atoms with van der Waals surface area (Å²) in [5, 5.41) is 0. The van der Waals surface area contributed by atoms with Crippen LogP contribution < -0.4 is 4.90 Å². The first-order valence-corrected chi connectivity index (χ1v) is 10.2. The van der Waals surface area contributed by atoms with Gasteiger partial charge in [0.05, 0.1) is 22.8 Å². The molecule has 0 spiro atoms. The Bertz CT molecular complexity index is 807. The molecule has 2 aliphatic heterocycles.